The Kier molecular flexibility index (Phi) is 5.73. The lowest BCUT2D eigenvalue weighted by Crippen LogP contribution is -2.45. The maximum Gasteiger partial charge on any atom is 0.267 e. The van der Waals surface area contributed by atoms with Gasteiger partial charge >= 0.3 is 0 Å². The van der Waals surface area contributed by atoms with Gasteiger partial charge in [-0.15, -0.1) is 0 Å². The summed E-state index contributed by atoms with van der Waals surface area (Å²) < 4.78 is 6.01. The first-order chi connectivity index (χ1) is 14.7. The monoisotopic (exact) mass is 430 g/mol. The minimum atomic E-state index is -0.490. The van der Waals surface area contributed by atoms with Gasteiger partial charge in [-0.1, -0.05) is 12.8 Å². The van der Waals surface area contributed by atoms with Crippen molar-refractivity contribution in [3.63, 3.8) is 0 Å². The topological polar surface area (TPSA) is 96.2 Å². The maximum atomic E-state index is 12.5. The van der Waals surface area contributed by atoms with Crippen molar-refractivity contribution in [1.82, 2.24) is 19.1 Å². The van der Waals surface area contributed by atoms with Crippen LogP contribution in [0.15, 0.2) is 16.9 Å². The van der Waals surface area contributed by atoms with Gasteiger partial charge in [0.05, 0.1) is 12.1 Å². The Bertz CT molecular complexity index is 926. The smallest absolute Gasteiger partial charge is 0.267 e. The van der Waals surface area contributed by atoms with Crippen molar-refractivity contribution in [2.75, 3.05) is 23.3 Å². The molecule has 1 aliphatic heterocycles. The number of aliphatic hydroxyl groups is 1. The van der Waals surface area contributed by atoms with E-state index in [1.165, 1.54) is 35.5 Å². The molecule has 0 radical (unpaired) electrons. The first kappa shape index (κ1) is 19.9. The first-order valence-corrected chi connectivity index (χ1v) is 12.1. The van der Waals surface area contributed by atoms with Gasteiger partial charge in [0, 0.05) is 42.6 Å². The Morgan fingerprint density at radius 2 is 1.93 bits per heavy atom. The third-order valence-corrected chi connectivity index (χ3v) is 7.30. The van der Waals surface area contributed by atoms with E-state index < -0.39 is 6.10 Å². The van der Waals surface area contributed by atoms with Crippen molar-refractivity contribution >= 4 is 22.5 Å². The normalized spacial score (nSPS) is 27.2. The molecule has 8 nitrogen and oxygen atoms in total. The Balaban J connectivity index is 1.32. The van der Waals surface area contributed by atoms with E-state index in [2.05, 4.69) is 19.6 Å². The summed E-state index contributed by atoms with van der Waals surface area (Å²) >= 11 is 1.45. The predicted molar refractivity (Wildman–Crippen MR) is 117 cm³/mol. The number of hydrogen-bond donors (Lipinski definition) is 2. The molecule has 0 spiro atoms. The number of piperidine rings is 1. The van der Waals surface area contributed by atoms with Crippen LogP contribution in [-0.4, -0.2) is 49.5 Å². The van der Waals surface area contributed by atoms with Gasteiger partial charge in [-0.2, -0.15) is 9.47 Å². The number of aromatic nitrogens is 4. The van der Waals surface area contributed by atoms with Crippen molar-refractivity contribution in [2.24, 2.45) is 0 Å². The molecule has 2 aromatic rings. The Morgan fingerprint density at radius 3 is 2.77 bits per heavy atom. The fourth-order valence-corrected chi connectivity index (χ4v) is 5.37. The zero-order valence-electron chi connectivity index (χ0n) is 17.2. The molecule has 2 aromatic heterocycles. The minimum Gasteiger partial charge on any atom is -0.391 e. The van der Waals surface area contributed by atoms with Crippen molar-refractivity contribution in [2.45, 2.75) is 81.9 Å². The lowest BCUT2D eigenvalue weighted by Gasteiger charge is -2.37. The number of aliphatic hydroxyl groups excluding tert-OH is 1. The fourth-order valence-electron chi connectivity index (χ4n) is 4.72. The Labute approximate surface area is 180 Å². The third kappa shape index (κ3) is 4.23. The van der Waals surface area contributed by atoms with Crippen LogP contribution >= 0.6 is 11.5 Å². The van der Waals surface area contributed by atoms with Gasteiger partial charge in [-0.05, 0) is 51.0 Å². The molecule has 0 aromatic carbocycles. The first-order valence-electron chi connectivity index (χ1n) is 11.3. The van der Waals surface area contributed by atoms with Crippen molar-refractivity contribution in [3.8, 4) is 0 Å². The summed E-state index contributed by atoms with van der Waals surface area (Å²) in [7, 11) is 0. The Hall–Kier alpha value is -2.00. The summed E-state index contributed by atoms with van der Waals surface area (Å²) in [5, 5.41) is 19.5. The molecule has 3 heterocycles. The van der Waals surface area contributed by atoms with Crippen molar-refractivity contribution < 1.29 is 5.11 Å². The molecule has 2 aliphatic carbocycles. The van der Waals surface area contributed by atoms with Gasteiger partial charge in [0.1, 0.15) is 11.6 Å². The molecule has 30 heavy (non-hydrogen) atoms. The lowest BCUT2D eigenvalue weighted by molar-refractivity contribution is 0.0669. The molecule has 3 fully saturated rings. The molecule has 0 bridgehead atoms. The van der Waals surface area contributed by atoms with Crippen LogP contribution < -0.4 is 15.8 Å². The molecule has 3 aliphatic rings. The largest absolute Gasteiger partial charge is 0.391 e. The number of nitrogens with one attached hydrogen (secondary N) is 1. The molecule has 2 saturated carbocycles. The molecule has 5 rings (SSSR count). The molecule has 3 unspecified atom stereocenters. The SMILES string of the molecule is O=c1ccc(N2CCCCC2CNc2nc(C3CC3)ns2)nn1C1CCCCC1O. The third-order valence-electron chi connectivity index (χ3n) is 6.61. The highest BCUT2D eigenvalue weighted by atomic mass is 32.1. The molecule has 162 valence electrons. The molecular weight excluding hydrogens is 400 g/mol. The van der Waals surface area contributed by atoms with Gasteiger partial charge in [-0.25, -0.2) is 9.67 Å². The number of anilines is 2. The predicted octanol–water partition coefficient (Wildman–Crippen LogP) is 2.92. The number of hydrogen-bond acceptors (Lipinski definition) is 8. The lowest BCUT2D eigenvalue weighted by atomic mass is 9.93. The van der Waals surface area contributed by atoms with Gasteiger partial charge in [-0.3, -0.25) is 4.79 Å². The second kappa shape index (κ2) is 8.63. The van der Waals surface area contributed by atoms with E-state index in [1.807, 2.05) is 6.07 Å². The second-order valence-electron chi connectivity index (χ2n) is 8.85. The maximum absolute atomic E-state index is 12.5. The van der Waals surface area contributed by atoms with Crippen LogP contribution in [0.2, 0.25) is 0 Å². The zero-order chi connectivity index (χ0) is 20.5. The van der Waals surface area contributed by atoms with Gasteiger partial charge < -0.3 is 15.3 Å². The standard InChI is InChI=1S/C21H30N6O2S/c28-17-7-2-1-6-16(17)27-19(29)11-10-18(24-27)26-12-4-3-5-15(26)13-22-21-23-20(25-30-21)14-8-9-14/h10-11,14-17,28H,1-9,12-13H2,(H,22,23,25). The Morgan fingerprint density at radius 1 is 1.10 bits per heavy atom. The van der Waals surface area contributed by atoms with E-state index in [4.69, 9.17) is 5.10 Å². The highest BCUT2D eigenvalue weighted by Crippen LogP contribution is 2.39. The van der Waals surface area contributed by atoms with Crippen LogP contribution in [0.25, 0.3) is 0 Å². The van der Waals surface area contributed by atoms with E-state index in [0.29, 0.717) is 12.0 Å². The zero-order valence-corrected chi connectivity index (χ0v) is 18.1. The molecule has 9 heteroatoms. The molecule has 2 N–H and O–H groups in total. The summed E-state index contributed by atoms with van der Waals surface area (Å²) in [4.78, 5) is 19.4. The van der Waals surface area contributed by atoms with Gasteiger partial charge in [0.2, 0.25) is 5.13 Å². The van der Waals surface area contributed by atoms with Gasteiger partial charge in [0.15, 0.2) is 0 Å². The summed E-state index contributed by atoms with van der Waals surface area (Å²) in [6.45, 7) is 1.71. The van der Waals surface area contributed by atoms with Crippen molar-refractivity contribution in [3.05, 3.63) is 28.3 Å². The minimum absolute atomic E-state index is 0.127. The summed E-state index contributed by atoms with van der Waals surface area (Å²) in [5.41, 5.74) is -0.127. The molecule has 3 atom stereocenters. The molecular formula is C21H30N6O2S. The summed E-state index contributed by atoms with van der Waals surface area (Å²) in [5.74, 6) is 2.39. The van der Waals surface area contributed by atoms with Crippen molar-refractivity contribution in [1.29, 1.82) is 0 Å². The average molecular weight is 431 g/mol. The quantitative estimate of drug-likeness (QED) is 0.727. The average Bonchev–Trinajstić information content (AvgIpc) is 3.51. The summed E-state index contributed by atoms with van der Waals surface area (Å²) in [6.07, 6.45) is 8.91. The highest BCUT2D eigenvalue weighted by molar-refractivity contribution is 7.09. The number of nitrogens with zero attached hydrogens (tertiary/aromatic N) is 5. The molecule has 1 saturated heterocycles. The molecule has 0 amide bonds. The summed E-state index contributed by atoms with van der Waals surface area (Å²) in [6, 6.07) is 3.52. The highest BCUT2D eigenvalue weighted by Gasteiger charge is 2.30. The second-order valence-corrected chi connectivity index (χ2v) is 9.60. The van der Waals surface area contributed by atoms with Crippen LogP contribution in [0, 0.1) is 0 Å². The van der Waals surface area contributed by atoms with E-state index >= 15 is 0 Å². The van der Waals surface area contributed by atoms with E-state index in [1.54, 1.807) is 6.07 Å². The van der Waals surface area contributed by atoms with Crippen LogP contribution in [-0.2, 0) is 0 Å². The van der Waals surface area contributed by atoms with Crippen LogP contribution in [0.3, 0.4) is 0 Å². The van der Waals surface area contributed by atoms with Crippen LogP contribution in [0.4, 0.5) is 10.9 Å². The fraction of sp³-hybridized carbons (Fsp3) is 0.714. The van der Waals surface area contributed by atoms with Gasteiger partial charge in [0.25, 0.3) is 5.56 Å². The van der Waals surface area contributed by atoms with Crippen LogP contribution in [0.5, 0.6) is 0 Å². The van der Waals surface area contributed by atoms with Crippen LogP contribution in [0.1, 0.15) is 75.6 Å². The van der Waals surface area contributed by atoms with E-state index in [0.717, 1.165) is 68.4 Å². The van der Waals surface area contributed by atoms with E-state index in [9.17, 15) is 9.90 Å². The van der Waals surface area contributed by atoms with E-state index in [-0.39, 0.29) is 11.6 Å². The number of rotatable bonds is 6.